The quantitative estimate of drug-likeness (QED) is 0.283. The molecule has 3 rings (SSSR count). The Morgan fingerprint density at radius 2 is 1.29 bits per heavy atom. The summed E-state index contributed by atoms with van der Waals surface area (Å²) in [7, 11) is -0.318. The average Bonchev–Trinajstić information content (AvgIpc) is 2.75. The number of rotatable bonds is 10. The van der Waals surface area contributed by atoms with Gasteiger partial charge in [-0.2, -0.15) is 0 Å². The highest BCUT2D eigenvalue weighted by Gasteiger charge is 2.21. The highest BCUT2D eigenvalue weighted by Crippen LogP contribution is 2.31. The lowest BCUT2D eigenvalue weighted by molar-refractivity contribution is 0.437. The van der Waals surface area contributed by atoms with E-state index in [0.717, 1.165) is 5.92 Å². The van der Waals surface area contributed by atoms with Gasteiger partial charge in [0.2, 0.25) is 0 Å². The summed E-state index contributed by atoms with van der Waals surface area (Å²) >= 11 is 0. The predicted molar refractivity (Wildman–Crippen MR) is 128 cm³/mol. The van der Waals surface area contributed by atoms with Gasteiger partial charge < -0.3 is 0 Å². The third kappa shape index (κ3) is 6.62. The van der Waals surface area contributed by atoms with Gasteiger partial charge in [0, 0.05) is 8.80 Å². The Labute approximate surface area is 175 Å². The zero-order valence-corrected chi connectivity index (χ0v) is 19.4. The Hall–Kier alpha value is -1.34. The summed E-state index contributed by atoms with van der Waals surface area (Å²) in [4.78, 5) is 0. The molecular weight excluding hydrogens is 352 g/mol. The van der Waals surface area contributed by atoms with Crippen LogP contribution in [0, 0.1) is 5.92 Å². The predicted octanol–water partition coefficient (Wildman–Crippen LogP) is 8.07. The van der Waals surface area contributed by atoms with Crippen molar-refractivity contribution in [2.45, 2.75) is 89.8 Å². The van der Waals surface area contributed by atoms with Crippen LogP contribution in [-0.4, -0.2) is 8.80 Å². The van der Waals surface area contributed by atoms with E-state index < -0.39 is 0 Å². The maximum absolute atomic E-state index is 2.37. The van der Waals surface area contributed by atoms with Crippen LogP contribution in [0.2, 0.25) is 18.1 Å². The van der Waals surface area contributed by atoms with Gasteiger partial charge in [0.05, 0.1) is 0 Å². The second kappa shape index (κ2) is 11.6. The zero-order chi connectivity index (χ0) is 19.6. The molecule has 0 radical (unpaired) electrons. The molecule has 152 valence electrons. The molecule has 2 aromatic rings. The standard InChI is InChI=1S/C27H40Si/c1-3-5-6-7-23-10-14-26(15-11-23)27-16-12-24(13-17-27)8-9-25-18-21-28(20-4-2)22-19-25/h10-17,25,28H,3-9,18-22H2,1-2H3/t25-,28-. The molecule has 0 aromatic heterocycles. The first kappa shape index (κ1) is 21.4. The Morgan fingerprint density at radius 3 is 1.82 bits per heavy atom. The second-order valence-corrected chi connectivity index (χ2v) is 12.5. The minimum atomic E-state index is -0.318. The van der Waals surface area contributed by atoms with Crippen LogP contribution in [-0.2, 0) is 12.8 Å². The number of hydrogen-bond donors (Lipinski definition) is 0. The van der Waals surface area contributed by atoms with Gasteiger partial charge >= 0.3 is 0 Å². The molecule has 28 heavy (non-hydrogen) atoms. The van der Waals surface area contributed by atoms with E-state index in [0.29, 0.717) is 0 Å². The van der Waals surface area contributed by atoms with Crippen LogP contribution in [0.4, 0.5) is 0 Å². The van der Waals surface area contributed by atoms with Crippen LogP contribution in [0.5, 0.6) is 0 Å². The molecule has 1 heterocycles. The first-order valence-electron chi connectivity index (χ1n) is 12.0. The van der Waals surface area contributed by atoms with E-state index in [2.05, 4.69) is 62.4 Å². The van der Waals surface area contributed by atoms with Crippen LogP contribution in [0.15, 0.2) is 48.5 Å². The van der Waals surface area contributed by atoms with E-state index in [1.807, 2.05) is 0 Å². The summed E-state index contributed by atoms with van der Waals surface area (Å²) in [5.74, 6) is 1.00. The van der Waals surface area contributed by atoms with E-state index in [-0.39, 0.29) is 8.80 Å². The first-order valence-corrected chi connectivity index (χ1v) is 14.4. The first-order chi connectivity index (χ1) is 13.8. The summed E-state index contributed by atoms with van der Waals surface area (Å²) < 4.78 is 0. The van der Waals surface area contributed by atoms with Gasteiger partial charge in [-0.15, -0.1) is 0 Å². The fourth-order valence-corrected chi connectivity index (χ4v) is 8.46. The molecule has 1 fully saturated rings. The van der Waals surface area contributed by atoms with Crippen LogP contribution in [0.3, 0.4) is 0 Å². The maximum Gasteiger partial charge on any atom is 0.0367 e. The Kier molecular flexibility index (Phi) is 8.86. The largest absolute Gasteiger partial charge is 0.0657 e. The fourth-order valence-electron chi connectivity index (χ4n) is 4.89. The Bertz CT molecular complexity index is 662. The third-order valence-corrected chi connectivity index (χ3v) is 10.5. The number of aryl methyl sites for hydroxylation is 2. The lowest BCUT2D eigenvalue weighted by Gasteiger charge is -2.27. The average molecular weight is 393 g/mol. The third-order valence-electron chi connectivity index (χ3n) is 6.81. The van der Waals surface area contributed by atoms with Gasteiger partial charge in [-0.25, -0.2) is 0 Å². The summed E-state index contributed by atoms with van der Waals surface area (Å²) in [6.45, 7) is 4.64. The van der Waals surface area contributed by atoms with Gasteiger partial charge in [-0.3, -0.25) is 0 Å². The summed E-state index contributed by atoms with van der Waals surface area (Å²) in [5, 5.41) is 0. The number of unbranched alkanes of at least 4 members (excludes halogenated alkanes) is 2. The van der Waals surface area contributed by atoms with Crippen LogP contribution in [0.25, 0.3) is 11.1 Å². The van der Waals surface area contributed by atoms with E-state index in [9.17, 15) is 0 Å². The second-order valence-electron chi connectivity index (χ2n) is 9.07. The monoisotopic (exact) mass is 392 g/mol. The molecule has 0 aliphatic carbocycles. The van der Waals surface area contributed by atoms with E-state index >= 15 is 0 Å². The summed E-state index contributed by atoms with van der Waals surface area (Å²) in [5.41, 5.74) is 5.71. The van der Waals surface area contributed by atoms with Crippen molar-refractivity contribution in [1.82, 2.24) is 0 Å². The van der Waals surface area contributed by atoms with Crippen molar-refractivity contribution in [2.75, 3.05) is 0 Å². The van der Waals surface area contributed by atoms with Crippen LogP contribution >= 0.6 is 0 Å². The van der Waals surface area contributed by atoms with Gasteiger partial charge in [-0.05, 0) is 53.9 Å². The number of benzene rings is 2. The maximum atomic E-state index is 2.37. The normalized spacial score (nSPS) is 19.6. The minimum Gasteiger partial charge on any atom is -0.0657 e. The highest BCUT2D eigenvalue weighted by molar-refractivity contribution is 6.58. The molecule has 1 saturated heterocycles. The van der Waals surface area contributed by atoms with Crippen LogP contribution in [0.1, 0.15) is 69.9 Å². The van der Waals surface area contributed by atoms with Crippen molar-refractivity contribution < 1.29 is 0 Å². The zero-order valence-electron chi connectivity index (χ0n) is 18.3. The van der Waals surface area contributed by atoms with Gasteiger partial charge in [-0.1, -0.05) is 113 Å². The molecule has 0 atom stereocenters. The molecular formula is C27H40Si. The highest BCUT2D eigenvalue weighted by atomic mass is 28.3. The van der Waals surface area contributed by atoms with E-state index in [1.165, 1.54) is 80.0 Å². The van der Waals surface area contributed by atoms with Crippen molar-refractivity contribution >= 4 is 8.80 Å². The molecule has 0 nitrogen and oxygen atoms in total. The fraction of sp³-hybridized carbons (Fsp3) is 0.556. The molecule has 2 aromatic carbocycles. The van der Waals surface area contributed by atoms with Gasteiger partial charge in [0.15, 0.2) is 0 Å². The van der Waals surface area contributed by atoms with E-state index in [1.54, 1.807) is 18.1 Å². The van der Waals surface area contributed by atoms with Crippen molar-refractivity contribution in [2.24, 2.45) is 5.92 Å². The topological polar surface area (TPSA) is 0 Å². The van der Waals surface area contributed by atoms with E-state index in [4.69, 9.17) is 0 Å². The molecule has 0 N–H and O–H groups in total. The van der Waals surface area contributed by atoms with Gasteiger partial charge in [0.1, 0.15) is 0 Å². The lowest BCUT2D eigenvalue weighted by Crippen LogP contribution is -2.21. The van der Waals surface area contributed by atoms with Crippen molar-refractivity contribution in [3.8, 4) is 11.1 Å². The molecule has 0 saturated carbocycles. The lowest BCUT2D eigenvalue weighted by atomic mass is 9.93. The van der Waals surface area contributed by atoms with Crippen molar-refractivity contribution in [3.63, 3.8) is 0 Å². The smallest absolute Gasteiger partial charge is 0.0367 e. The molecule has 1 aliphatic rings. The SMILES string of the molecule is CCCCCc1ccc(-c2ccc(CC[C@H]3CC[Si@H](CCC)CC3)cc2)cc1. The molecule has 0 bridgehead atoms. The Morgan fingerprint density at radius 1 is 0.714 bits per heavy atom. The van der Waals surface area contributed by atoms with Crippen molar-refractivity contribution in [1.29, 1.82) is 0 Å². The summed E-state index contributed by atoms with van der Waals surface area (Å²) in [6, 6.07) is 23.4. The summed E-state index contributed by atoms with van der Waals surface area (Å²) in [6.07, 6.45) is 12.3. The van der Waals surface area contributed by atoms with Crippen molar-refractivity contribution in [3.05, 3.63) is 59.7 Å². The van der Waals surface area contributed by atoms with Gasteiger partial charge in [0.25, 0.3) is 0 Å². The molecule has 0 unspecified atom stereocenters. The number of hydrogen-bond acceptors (Lipinski definition) is 0. The molecule has 0 amide bonds. The van der Waals surface area contributed by atoms with Crippen LogP contribution < -0.4 is 0 Å². The Balaban J connectivity index is 1.46. The minimum absolute atomic E-state index is 0.318. The molecule has 0 spiro atoms. The molecule has 1 aliphatic heterocycles. The molecule has 1 heteroatoms.